The highest BCUT2D eigenvalue weighted by Gasteiger charge is 2.50. The van der Waals surface area contributed by atoms with Crippen molar-refractivity contribution in [1.29, 1.82) is 0 Å². The van der Waals surface area contributed by atoms with E-state index in [1.54, 1.807) is 66.7 Å². The van der Waals surface area contributed by atoms with Crippen molar-refractivity contribution >= 4 is 48.2 Å². The number of aryl methyl sites for hydroxylation is 6. The molecular weight excluding hydrogens is 1280 g/mol. The molecule has 0 fully saturated rings. The van der Waals surface area contributed by atoms with Gasteiger partial charge in [-0.2, -0.15) is 0 Å². The minimum Gasteiger partial charge on any atom is -0.508 e. The second kappa shape index (κ2) is 33.3. The summed E-state index contributed by atoms with van der Waals surface area (Å²) in [5.74, 6) is 1.16. The van der Waals surface area contributed by atoms with Crippen LogP contribution in [0.5, 0.6) is 34.5 Å². The fourth-order valence-corrected chi connectivity index (χ4v) is 15.1. The van der Waals surface area contributed by atoms with Crippen LogP contribution in [0.3, 0.4) is 0 Å². The van der Waals surface area contributed by atoms with Gasteiger partial charge in [-0.25, -0.2) is 19.2 Å². The number of phenolic OH excluding ortho intramolecular Hbond substituents is 1. The lowest BCUT2D eigenvalue weighted by Gasteiger charge is -2.29. The van der Waals surface area contributed by atoms with E-state index in [1.165, 1.54) is 54.7 Å². The second-order valence-electron chi connectivity index (χ2n) is 27.2. The normalized spacial score (nSPS) is 15.8. The molecule has 0 bridgehead atoms. The zero-order valence-corrected chi connectivity index (χ0v) is 60.0. The minimum atomic E-state index is -0.524. The molecule has 103 heavy (non-hydrogen) atoms. The molecule has 1 N–H and O–H groups in total. The van der Waals surface area contributed by atoms with Crippen LogP contribution in [0.2, 0.25) is 0 Å². The highest BCUT2D eigenvalue weighted by Crippen LogP contribution is 2.59. The molecule has 0 heterocycles. The van der Waals surface area contributed by atoms with Crippen molar-refractivity contribution in [3.63, 3.8) is 0 Å². The molecule has 11 nitrogen and oxygen atoms in total. The molecule has 0 aliphatic heterocycles. The van der Waals surface area contributed by atoms with Gasteiger partial charge in [0.05, 0.1) is 28.9 Å². The van der Waals surface area contributed by atoms with E-state index in [9.17, 15) is 24.3 Å². The Hall–Kier alpha value is -10.9. The number of carbonyl (C=O) groups excluding carboxylic acids is 4. The minimum absolute atomic E-state index is 0.294. The van der Waals surface area contributed by atoms with Crippen molar-refractivity contribution < 1.29 is 48.0 Å². The number of nitrogens with zero attached hydrogens (tertiary/aromatic N) is 1. The molecule has 0 radical (unpaired) electrons. The average molecular weight is 1370 g/mol. The molecule has 0 aromatic heterocycles. The van der Waals surface area contributed by atoms with Gasteiger partial charge in [0.25, 0.3) is 0 Å². The fraction of sp³-hybridized carbons (Fsp3) is 0.261. The van der Waals surface area contributed by atoms with E-state index < -0.39 is 23.3 Å². The van der Waals surface area contributed by atoms with E-state index in [-0.39, 0.29) is 11.4 Å². The summed E-state index contributed by atoms with van der Waals surface area (Å²) < 4.78 is 29.8. The van der Waals surface area contributed by atoms with Crippen LogP contribution in [0.1, 0.15) is 198 Å². The van der Waals surface area contributed by atoms with Gasteiger partial charge in [-0.1, -0.05) is 204 Å². The molecular formula is C92H91NO10. The lowest BCUT2D eigenvalue weighted by Crippen LogP contribution is -2.24. The highest BCUT2D eigenvalue weighted by atomic mass is 16.5. The lowest BCUT2D eigenvalue weighted by molar-refractivity contribution is 0.0720. The van der Waals surface area contributed by atoms with Crippen molar-refractivity contribution in [2.24, 2.45) is 0 Å². The smallest absolute Gasteiger partial charge is 0.343 e. The molecule has 10 aromatic rings. The molecule has 2 atom stereocenters. The standard InChI is InChI=1S/C53H48O7.C33H28O3.C6H15N/c1-3-4-5-6-35-57-44-27-23-42(24-28-44)50(54)58-45-29-25-43(26-30-45)52(56)60-47-12-8-10-40-32-34-53(49(40)47)33-31-39-9-7-11-46(48(39)53)59-51(55)41-21-19-38(20-22-41)18-17-37-15-13-36(2)14-16-37;1-22-8-10-23(11-9-22)12-13-24-14-16-27(17-15-24)32(35)36-29-7-3-5-26-19-21-33(31(26)29)20-18-25-4-2-6-28(34)30(25)33;1-4-7(5-2)6-3/h7-30H,3-6,31-35H2,1-2H3;2-17,34H,18-21H2,1H3;4-6H2,1-3H3/b18-17+;13-12+;/t53-;33-;/m00./s1. The molecule has 2 spiro atoms. The first-order valence-corrected chi connectivity index (χ1v) is 36.5. The average Bonchev–Trinajstić information content (AvgIpc) is 1.57. The van der Waals surface area contributed by atoms with Gasteiger partial charge in [-0.15, -0.1) is 0 Å². The molecule has 0 unspecified atom stereocenters. The van der Waals surface area contributed by atoms with Crippen LogP contribution >= 0.6 is 0 Å². The van der Waals surface area contributed by atoms with Gasteiger partial charge in [-0.3, -0.25) is 0 Å². The SMILES string of the molecule is CCCCCCOc1ccc(C(=O)Oc2ccc(C(=O)Oc3cccc4c3[C@@]3(CCc5cccc(OC(=O)c6ccc(/C=C/c7ccc(C)cc7)cc6)c53)CC4)cc2)cc1.CCN(CC)CC.Cc1ccc(/C=C/c2ccc(C(=O)Oc3cccc4c3[C@@]3(CCc5cccc(O)c53)CC4)cc2)cc1. The molecule has 11 heteroatoms. The Labute approximate surface area is 606 Å². The maximum atomic E-state index is 13.7. The van der Waals surface area contributed by atoms with E-state index in [4.69, 9.17) is 23.7 Å². The first-order chi connectivity index (χ1) is 50.2. The van der Waals surface area contributed by atoms with Gasteiger partial charge < -0.3 is 33.7 Å². The van der Waals surface area contributed by atoms with Crippen LogP contribution in [0.15, 0.2) is 218 Å². The number of hydrogen-bond acceptors (Lipinski definition) is 11. The third kappa shape index (κ3) is 16.7. The largest absolute Gasteiger partial charge is 0.508 e. The van der Waals surface area contributed by atoms with Gasteiger partial charge in [-0.05, 0) is 233 Å². The van der Waals surface area contributed by atoms with E-state index in [0.29, 0.717) is 63.4 Å². The monoisotopic (exact) mass is 1370 g/mol. The third-order valence-electron chi connectivity index (χ3n) is 20.7. The Morgan fingerprint density at radius 1 is 0.369 bits per heavy atom. The number of esters is 4. The maximum Gasteiger partial charge on any atom is 0.343 e. The summed E-state index contributed by atoms with van der Waals surface area (Å²) >= 11 is 0. The first-order valence-electron chi connectivity index (χ1n) is 36.5. The number of unbranched alkanes of at least 4 members (excludes halogenated alkanes) is 3. The van der Waals surface area contributed by atoms with E-state index >= 15 is 0 Å². The second-order valence-corrected chi connectivity index (χ2v) is 27.2. The topological polar surface area (TPSA) is 138 Å². The zero-order chi connectivity index (χ0) is 71.9. The van der Waals surface area contributed by atoms with Crippen molar-refractivity contribution in [2.75, 3.05) is 26.2 Å². The van der Waals surface area contributed by atoms with Crippen molar-refractivity contribution in [3.8, 4) is 34.5 Å². The van der Waals surface area contributed by atoms with Crippen LogP contribution in [0.4, 0.5) is 0 Å². The molecule has 0 amide bonds. The Morgan fingerprint density at radius 2 is 0.689 bits per heavy atom. The maximum absolute atomic E-state index is 13.7. The molecule has 0 saturated carbocycles. The van der Waals surface area contributed by atoms with E-state index in [2.05, 4.69) is 125 Å². The Bertz CT molecular complexity index is 4670. The van der Waals surface area contributed by atoms with Gasteiger partial charge in [0.2, 0.25) is 0 Å². The summed E-state index contributed by atoms with van der Waals surface area (Å²) in [7, 11) is 0. The van der Waals surface area contributed by atoms with Crippen LogP contribution in [-0.2, 0) is 36.5 Å². The summed E-state index contributed by atoms with van der Waals surface area (Å²) in [6, 6.07) is 68.3. The molecule has 10 aromatic carbocycles. The molecule has 524 valence electrons. The number of carbonyl (C=O) groups is 4. The predicted molar refractivity (Wildman–Crippen MR) is 411 cm³/mol. The van der Waals surface area contributed by atoms with Gasteiger partial charge in [0.1, 0.15) is 34.5 Å². The third-order valence-corrected chi connectivity index (χ3v) is 20.7. The molecule has 4 aliphatic carbocycles. The summed E-state index contributed by atoms with van der Waals surface area (Å²) in [6.45, 7) is 17.1. The van der Waals surface area contributed by atoms with Gasteiger partial charge in [0, 0.05) is 33.1 Å². The summed E-state index contributed by atoms with van der Waals surface area (Å²) in [5.41, 5.74) is 16.2. The lowest BCUT2D eigenvalue weighted by atomic mass is 9.76. The number of ether oxygens (including phenoxy) is 5. The fourth-order valence-electron chi connectivity index (χ4n) is 15.1. The molecule has 4 aliphatic rings. The summed E-state index contributed by atoms with van der Waals surface area (Å²) in [6.07, 6.45) is 19.5. The number of benzene rings is 10. The van der Waals surface area contributed by atoms with Gasteiger partial charge >= 0.3 is 23.9 Å². The number of aromatic hydroxyl groups is 1. The predicted octanol–water partition coefficient (Wildman–Crippen LogP) is 20.6. The number of rotatable bonds is 21. The number of hydrogen-bond donors (Lipinski definition) is 1. The number of phenols is 1. The van der Waals surface area contributed by atoms with Crippen LogP contribution < -0.4 is 23.7 Å². The van der Waals surface area contributed by atoms with Crippen LogP contribution in [0.25, 0.3) is 24.3 Å². The van der Waals surface area contributed by atoms with Crippen molar-refractivity contribution in [1.82, 2.24) is 4.90 Å². The molecule has 0 saturated heterocycles. The van der Waals surface area contributed by atoms with Crippen LogP contribution in [-0.4, -0.2) is 60.1 Å². The summed E-state index contributed by atoms with van der Waals surface area (Å²) in [4.78, 5) is 55.7. The number of fused-ring (bicyclic) bond motifs is 8. The van der Waals surface area contributed by atoms with Gasteiger partial charge in [0.15, 0.2) is 0 Å². The Kier molecular flexibility index (Phi) is 23.2. The van der Waals surface area contributed by atoms with E-state index in [1.807, 2.05) is 97.1 Å². The highest BCUT2D eigenvalue weighted by molar-refractivity contribution is 5.94. The van der Waals surface area contributed by atoms with Crippen molar-refractivity contribution in [3.05, 3.63) is 319 Å². The zero-order valence-electron chi connectivity index (χ0n) is 60.0. The first kappa shape index (κ1) is 71.9. The molecule has 14 rings (SSSR count). The Morgan fingerprint density at radius 3 is 1.05 bits per heavy atom. The van der Waals surface area contributed by atoms with Crippen LogP contribution in [0, 0.1) is 13.8 Å². The van der Waals surface area contributed by atoms with Crippen molar-refractivity contribution in [2.45, 2.75) is 129 Å². The quantitative estimate of drug-likeness (QED) is 0.0318. The van der Waals surface area contributed by atoms with E-state index in [0.717, 1.165) is 120 Å². The Balaban J connectivity index is 0.000000196. The summed E-state index contributed by atoms with van der Waals surface area (Å²) in [5, 5.41) is 10.8.